The van der Waals surface area contributed by atoms with Crippen LogP contribution in [-0.2, 0) is 9.59 Å². The number of rotatable bonds is 4. The Morgan fingerprint density at radius 1 is 0.967 bits per heavy atom. The highest BCUT2D eigenvalue weighted by molar-refractivity contribution is 6.19. The number of urea groups is 1. The molecule has 7 heteroatoms. The first kappa shape index (κ1) is 19.8. The zero-order chi connectivity index (χ0) is 21.1. The highest BCUT2D eigenvalue weighted by atomic mass is 19.1. The van der Waals surface area contributed by atoms with E-state index in [0.29, 0.717) is 37.2 Å². The molecule has 0 N–H and O–H groups in total. The van der Waals surface area contributed by atoms with E-state index < -0.39 is 0 Å². The van der Waals surface area contributed by atoms with Crippen molar-refractivity contribution in [2.24, 2.45) is 0 Å². The second-order valence-electron chi connectivity index (χ2n) is 7.39. The maximum atomic E-state index is 13.7. The third-order valence-electron chi connectivity index (χ3n) is 5.53. The highest BCUT2D eigenvalue weighted by Crippen LogP contribution is 2.26. The lowest BCUT2D eigenvalue weighted by Crippen LogP contribution is -2.47. The molecule has 0 aliphatic carbocycles. The normalized spacial score (nSPS) is 18.0. The Balaban J connectivity index is 1.35. The fourth-order valence-corrected chi connectivity index (χ4v) is 3.91. The van der Waals surface area contributed by atoms with E-state index in [1.807, 2.05) is 6.07 Å². The molecular formula is C23H22FN3O3. The minimum Gasteiger partial charge on any atom is -0.339 e. The lowest BCUT2D eigenvalue weighted by molar-refractivity contribution is -0.127. The van der Waals surface area contributed by atoms with Crippen molar-refractivity contribution in [1.82, 2.24) is 9.80 Å². The molecule has 0 bridgehead atoms. The van der Waals surface area contributed by atoms with E-state index in [1.165, 1.54) is 23.1 Å². The van der Waals surface area contributed by atoms with Crippen LogP contribution in [0, 0.1) is 5.82 Å². The van der Waals surface area contributed by atoms with Crippen LogP contribution >= 0.6 is 0 Å². The van der Waals surface area contributed by atoms with Gasteiger partial charge in [0.25, 0.3) is 5.91 Å². The summed E-state index contributed by atoms with van der Waals surface area (Å²) in [6.07, 6.45) is 4.05. The molecule has 4 rings (SSSR count). The lowest BCUT2D eigenvalue weighted by Gasteiger charge is -2.35. The van der Waals surface area contributed by atoms with Crippen LogP contribution in [0.1, 0.15) is 18.4 Å². The summed E-state index contributed by atoms with van der Waals surface area (Å²) in [5.74, 6) is -0.801. The number of anilines is 1. The largest absolute Gasteiger partial charge is 0.339 e. The molecule has 6 nitrogen and oxygen atoms in total. The van der Waals surface area contributed by atoms with Gasteiger partial charge in [0.2, 0.25) is 5.91 Å². The molecule has 2 aromatic carbocycles. The number of nitrogens with zero attached hydrogens (tertiary/aromatic N) is 3. The van der Waals surface area contributed by atoms with Gasteiger partial charge in [0, 0.05) is 30.8 Å². The lowest BCUT2D eigenvalue weighted by atomic mass is 10.0. The Labute approximate surface area is 174 Å². The number of carbonyl (C=O) groups excluding carboxylic acids is 3. The van der Waals surface area contributed by atoms with E-state index in [4.69, 9.17) is 0 Å². The fraction of sp³-hybridized carbons (Fsp3) is 0.261. The van der Waals surface area contributed by atoms with Gasteiger partial charge in [-0.1, -0.05) is 36.4 Å². The van der Waals surface area contributed by atoms with E-state index in [-0.39, 0.29) is 36.2 Å². The second kappa shape index (κ2) is 8.49. The average Bonchev–Trinajstić information content (AvgIpc) is 3.07. The van der Waals surface area contributed by atoms with Crippen molar-refractivity contribution in [2.45, 2.75) is 18.9 Å². The topological polar surface area (TPSA) is 60.9 Å². The third kappa shape index (κ3) is 3.96. The van der Waals surface area contributed by atoms with Crippen LogP contribution in [0.3, 0.4) is 0 Å². The van der Waals surface area contributed by atoms with Crippen molar-refractivity contribution < 1.29 is 18.8 Å². The van der Waals surface area contributed by atoms with E-state index in [0.717, 1.165) is 0 Å². The van der Waals surface area contributed by atoms with Crippen molar-refractivity contribution in [3.63, 3.8) is 0 Å². The number of amides is 4. The van der Waals surface area contributed by atoms with Crippen LogP contribution in [0.15, 0.2) is 60.7 Å². The molecule has 154 valence electrons. The van der Waals surface area contributed by atoms with Gasteiger partial charge in [-0.3, -0.25) is 9.59 Å². The summed E-state index contributed by atoms with van der Waals surface area (Å²) in [7, 11) is 0. The molecule has 0 unspecified atom stereocenters. The monoisotopic (exact) mass is 407 g/mol. The van der Waals surface area contributed by atoms with Crippen molar-refractivity contribution in [3.05, 3.63) is 72.1 Å². The number of likely N-dealkylation sites (tertiary alicyclic amines) is 1. The highest BCUT2D eigenvalue weighted by Gasteiger charge is 2.41. The van der Waals surface area contributed by atoms with Crippen LogP contribution in [-0.4, -0.2) is 53.3 Å². The average molecular weight is 407 g/mol. The van der Waals surface area contributed by atoms with Gasteiger partial charge in [-0.05, 0) is 37.1 Å². The van der Waals surface area contributed by atoms with Gasteiger partial charge in [0.05, 0.1) is 5.69 Å². The smallest absolute Gasteiger partial charge is 0.332 e. The van der Waals surface area contributed by atoms with E-state index in [1.54, 1.807) is 52.3 Å². The number of carbonyl (C=O) groups is 3. The third-order valence-corrected chi connectivity index (χ3v) is 5.53. The Bertz CT molecular complexity index is 984. The summed E-state index contributed by atoms with van der Waals surface area (Å²) in [6.45, 7) is 1.02. The predicted molar refractivity (Wildman–Crippen MR) is 111 cm³/mol. The van der Waals surface area contributed by atoms with E-state index in [9.17, 15) is 18.8 Å². The second-order valence-corrected chi connectivity index (χ2v) is 7.39. The standard InChI is InChI=1S/C23H22FN3O3/c24-20-9-5-4-6-17(20)10-11-21(28)25-14-12-18(13-15-25)26-16-22(29)27(23(26)30)19-7-2-1-3-8-19/h1-11,18H,12-16H2. The summed E-state index contributed by atoms with van der Waals surface area (Å²) in [5, 5.41) is 0. The zero-order valence-electron chi connectivity index (χ0n) is 16.4. The van der Waals surface area contributed by atoms with Gasteiger partial charge in [-0.15, -0.1) is 0 Å². The van der Waals surface area contributed by atoms with Gasteiger partial charge in [0.15, 0.2) is 0 Å². The number of hydrogen-bond acceptors (Lipinski definition) is 3. The molecule has 0 atom stereocenters. The van der Waals surface area contributed by atoms with Gasteiger partial charge in [0.1, 0.15) is 12.4 Å². The minimum atomic E-state index is -0.375. The van der Waals surface area contributed by atoms with Crippen LogP contribution in [0.2, 0.25) is 0 Å². The van der Waals surface area contributed by atoms with Crippen molar-refractivity contribution in [1.29, 1.82) is 0 Å². The van der Waals surface area contributed by atoms with E-state index in [2.05, 4.69) is 0 Å². The summed E-state index contributed by atoms with van der Waals surface area (Å²) >= 11 is 0. The molecule has 2 fully saturated rings. The van der Waals surface area contributed by atoms with Gasteiger partial charge >= 0.3 is 6.03 Å². The molecule has 0 spiro atoms. The molecular weight excluding hydrogens is 385 g/mol. The molecule has 2 aliphatic heterocycles. The molecule has 0 radical (unpaired) electrons. The van der Waals surface area contributed by atoms with Crippen molar-refractivity contribution in [2.75, 3.05) is 24.5 Å². The van der Waals surface area contributed by atoms with Crippen molar-refractivity contribution in [3.8, 4) is 0 Å². The van der Waals surface area contributed by atoms with Gasteiger partial charge in [-0.2, -0.15) is 0 Å². The predicted octanol–water partition coefficient (Wildman–Crippen LogP) is 3.30. The SMILES string of the molecule is O=C(C=Cc1ccccc1F)N1CCC(N2CC(=O)N(c3ccccc3)C2=O)CC1. The quantitative estimate of drug-likeness (QED) is 0.577. The Hall–Kier alpha value is -3.48. The van der Waals surface area contributed by atoms with Crippen molar-refractivity contribution >= 4 is 29.6 Å². The van der Waals surface area contributed by atoms with Crippen LogP contribution in [0.5, 0.6) is 0 Å². The Morgan fingerprint density at radius 2 is 1.63 bits per heavy atom. The van der Waals surface area contributed by atoms with Crippen LogP contribution in [0.25, 0.3) is 6.08 Å². The molecule has 2 aromatic rings. The maximum absolute atomic E-state index is 13.7. The minimum absolute atomic E-state index is 0.0551. The first-order valence-corrected chi connectivity index (χ1v) is 9.95. The summed E-state index contributed by atoms with van der Waals surface area (Å²) < 4.78 is 13.7. The molecule has 2 saturated heterocycles. The number of hydrogen-bond donors (Lipinski definition) is 0. The van der Waals surface area contributed by atoms with Gasteiger partial charge < -0.3 is 9.80 Å². The molecule has 30 heavy (non-hydrogen) atoms. The molecule has 0 aromatic heterocycles. The molecule has 0 saturated carbocycles. The molecule has 4 amide bonds. The van der Waals surface area contributed by atoms with Gasteiger partial charge in [-0.25, -0.2) is 14.1 Å². The first-order chi connectivity index (χ1) is 14.5. The number of imide groups is 1. The Kier molecular flexibility index (Phi) is 5.61. The van der Waals surface area contributed by atoms with E-state index >= 15 is 0 Å². The molecule has 2 heterocycles. The zero-order valence-corrected chi connectivity index (χ0v) is 16.4. The van der Waals surface area contributed by atoms with Crippen LogP contribution in [0.4, 0.5) is 14.9 Å². The molecule has 2 aliphatic rings. The number of para-hydroxylation sites is 1. The maximum Gasteiger partial charge on any atom is 0.332 e. The van der Waals surface area contributed by atoms with Crippen LogP contribution < -0.4 is 4.90 Å². The Morgan fingerprint density at radius 3 is 2.33 bits per heavy atom. The summed E-state index contributed by atoms with van der Waals surface area (Å²) in [5.41, 5.74) is 0.934. The summed E-state index contributed by atoms with van der Waals surface area (Å²) in [4.78, 5) is 42.2. The number of piperidine rings is 1. The number of benzene rings is 2. The summed E-state index contributed by atoms with van der Waals surface area (Å²) in [6, 6.07) is 14.8. The fourth-order valence-electron chi connectivity index (χ4n) is 3.91. The first-order valence-electron chi connectivity index (χ1n) is 9.95. The number of halogens is 1.